The molecule has 0 amide bonds. The normalized spacial score (nSPS) is 15.4. The van der Waals surface area contributed by atoms with Crippen molar-refractivity contribution < 1.29 is 9.47 Å². The van der Waals surface area contributed by atoms with Crippen molar-refractivity contribution >= 4 is 5.82 Å². The molecule has 26 heavy (non-hydrogen) atoms. The van der Waals surface area contributed by atoms with Gasteiger partial charge in [0.2, 0.25) is 0 Å². The van der Waals surface area contributed by atoms with Crippen LogP contribution in [-0.4, -0.2) is 33.0 Å². The van der Waals surface area contributed by atoms with Crippen molar-refractivity contribution in [3.05, 3.63) is 47.9 Å². The molecular weight excluding hydrogens is 330 g/mol. The molecular formula is C19H21N5O2. The smallest absolute Gasteiger partial charge is 0.165 e. The van der Waals surface area contributed by atoms with Gasteiger partial charge in [0.25, 0.3) is 0 Å². The number of aromatic nitrogens is 4. The highest BCUT2D eigenvalue weighted by Gasteiger charge is 2.23. The standard InChI is InChI=1S/C19H21N5O2/c1-12-6-14-7-16(25-3)8-15(18(14)26-12)10-21-17-5-4-13(9-20-17)19-23-22-11-24(19)2/h4-5,7-9,11-12H,6,10H2,1-3H3,(H,20,21). The Morgan fingerprint density at radius 3 is 2.92 bits per heavy atom. The first kappa shape index (κ1) is 16.4. The van der Waals surface area contributed by atoms with Gasteiger partial charge >= 0.3 is 0 Å². The molecule has 7 nitrogen and oxygen atoms in total. The zero-order chi connectivity index (χ0) is 18.1. The maximum atomic E-state index is 5.97. The third kappa shape index (κ3) is 3.08. The molecule has 134 valence electrons. The average molecular weight is 351 g/mol. The Balaban J connectivity index is 1.51. The van der Waals surface area contributed by atoms with Crippen LogP contribution >= 0.6 is 0 Å². The zero-order valence-electron chi connectivity index (χ0n) is 15.1. The van der Waals surface area contributed by atoms with E-state index in [1.807, 2.05) is 29.8 Å². The summed E-state index contributed by atoms with van der Waals surface area (Å²) >= 11 is 0. The summed E-state index contributed by atoms with van der Waals surface area (Å²) in [6.07, 6.45) is 4.57. The molecule has 1 atom stereocenters. The van der Waals surface area contributed by atoms with Crippen LogP contribution in [0, 0.1) is 0 Å². The molecule has 0 saturated heterocycles. The number of anilines is 1. The second-order valence-electron chi connectivity index (χ2n) is 6.46. The first-order valence-electron chi connectivity index (χ1n) is 8.55. The molecule has 3 aromatic rings. The summed E-state index contributed by atoms with van der Waals surface area (Å²) in [4.78, 5) is 4.48. The highest BCUT2D eigenvalue weighted by atomic mass is 16.5. The van der Waals surface area contributed by atoms with Gasteiger partial charge in [-0.1, -0.05) is 0 Å². The molecule has 0 fully saturated rings. The molecule has 0 bridgehead atoms. The van der Waals surface area contributed by atoms with Crippen LogP contribution in [0.4, 0.5) is 5.82 Å². The summed E-state index contributed by atoms with van der Waals surface area (Å²) in [6, 6.07) is 7.98. The first-order chi connectivity index (χ1) is 12.6. The quantitative estimate of drug-likeness (QED) is 0.762. The van der Waals surface area contributed by atoms with Crippen LogP contribution in [0.5, 0.6) is 11.5 Å². The molecule has 1 aliphatic heterocycles. The number of ether oxygens (including phenoxy) is 2. The van der Waals surface area contributed by atoms with E-state index in [-0.39, 0.29) is 6.10 Å². The van der Waals surface area contributed by atoms with Gasteiger partial charge in [-0.15, -0.1) is 10.2 Å². The van der Waals surface area contributed by atoms with Crippen LogP contribution in [0.1, 0.15) is 18.1 Å². The van der Waals surface area contributed by atoms with Gasteiger partial charge in [-0.25, -0.2) is 4.98 Å². The third-order valence-corrected chi connectivity index (χ3v) is 4.47. The van der Waals surface area contributed by atoms with E-state index in [1.165, 1.54) is 5.56 Å². The monoisotopic (exact) mass is 351 g/mol. The average Bonchev–Trinajstić information content (AvgIpc) is 3.24. The fourth-order valence-corrected chi connectivity index (χ4v) is 3.19. The van der Waals surface area contributed by atoms with E-state index in [0.29, 0.717) is 6.54 Å². The van der Waals surface area contributed by atoms with Crippen LogP contribution in [0.15, 0.2) is 36.8 Å². The third-order valence-electron chi connectivity index (χ3n) is 4.47. The van der Waals surface area contributed by atoms with E-state index in [4.69, 9.17) is 9.47 Å². The topological polar surface area (TPSA) is 74.1 Å². The lowest BCUT2D eigenvalue weighted by Crippen LogP contribution is -2.07. The van der Waals surface area contributed by atoms with Crippen molar-refractivity contribution in [3.63, 3.8) is 0 Å². The SMILES string of the molecule is COc1cc(CNc2ccc(-c3nncn3C)cn2)c2c(c1)CC(C)O2. The lowest BCUT2D eigenvalue weighted by molar-refractivity contribution is 0.252. The highest BCUT2D eigenvalue weighted by Crippen LogP contribution is 2.36. The predicted octanol–water partition coefficient (Wildman–Crippen LogP) is 2.82. The van der Waals surface area contributed by atoms with Crippen LogP contribution in [0.3, 0.4) is 0 Å². The summed E-state index contributed by atoms with van der Waals surface area (Å²) < 4.78 is 13.3. The summed E-state index contributed by atoms with van der Waals surface area (Å²) in [5.41, 5.74) is 3.19. The van der Waals surface area contributed by atoms with Crippen LogP contribution < -0.4 is 14.8 Å². The van der Waals surface area contributed by atoms with E-state index in [0.717, 1.165) is 40.7 Å². The van der Waals surface area contributed by atoms with Crippen molar-refractivity contribution in [2.75, 3.05) is 12.4 Å². The number of methoxy groups -OCH3 is 1. The van der Waals surface area contributed by atoms with Crippen LogP contribution in [-0.2, 0) is 20.0 Å². The molecule has 0 spiro atoms. The van der Waals surface area contributed by atoms with Crippen molar-refractivity contribution in [3.8, 4) is 22.9 Å². The molecule has 0 saturated carbocycles. The molecule has 0 radical (unpaired) electrons. The Morgan fingerprint density at radius 1 is 1.35 bits per heavy atom. The minimum Gasteiger partial charge on any atom is -0.497 e. The highest BCUT2D eigenvalue weighted by molar-refractivity contribution is 5.56. The first-order valence-corrected chi connectivity index (χ1v) is 8.55. The number of benzene rings is 1. The largest absolute Gasteiger partial charge is 0.497 e. The van der Waals surface area contributed by atoms with Crippen molar-refractivity contribution in [1.29, 1.82) is 0 Å². The molecule has 3 heterocycles. The molecule has 0 aliphatic carbocycles. The van der Waals surface area contributed by atoms with Crippen molar-refractivity contribution in [1.82, 2.24) is 19.7 Å². The van der Waals surface area contributed by atoms with Gasteiger partial charge < -0.3 is 19.4 Å². The molecule has 1 unspecified atom stereocenters. The number of nitrogens with one attached hydrogen (secondary N) is 1. The molecule has 1 aliphatic rings. The van der Waals surface area contributed by atoms with Gasteiger partial charge in [-0.05, 0) is 31.2 Å². The fourth-order valence-electron chi connectivity index (χ4n) is 3.19. The zero-order valence-corrected chi connectivity index (χ0v) is 15.1. The number of aryl methyl sites for hydroxylation is 1. The predicted molar refractivity (Wildman–Crippen MR) is 98.3 cm³/mol. The summed E-state index contributed by atoms with van der Waals surface area (Å²) in [5.74, 6) is 3.39. The van der Waals surface area contributed by atoms with E-state index in [2.05, 4.69) is 33.5 Å². The second kappa shape index (κ2) is 6.67. The molecule has 2 aromatic heterocycles. The Labute approximate surface area is 152 Å². The maximum absolute atomic E-state index is 5.97. The van der Waals surface area contributed by atoms with Gasteiger partial charge in [0.15, 0.2) is 5.82 Å². The minimum absolute atomic E-state index is 0.194. The van der Waals surface area contributed by atoms with Crippen molar-refractivity contribution in [2.45, 2.75) is 26.0 Å². The summed E-state index contributed by atoms with van der Waals surface area (Å²) in [5, 5.41) is 11.3. The number of pyridine rings is 1. The van der Waals surface area contributed by atoms with Crippen LogP contribution in [0.25, 0.3) is 11.4 Å². The minimum atomic E-state index is 0.194. The van der Waals surface area contributed by atoms with Gasteiger partial charge in [-0.3, -0.25) is 0 Å². The number of fused-ring (bicyclic) bond motifs is 1. The molecule has 1 aromatic carbocycles. The van der Waals surface area contributed by atoms with E-state index < -0.39 is 0 Å². The Morgan fingerprint density at radius 2 is 2.23 bits per heavy atom. The number of nitrogens with zero attached hydrogens (tertiary/aromatic N) is 4. The lowest BCUT2D eigenvalue weighted by atomic mass is 10.1. The number of hydrogen-bond acceptors (Lipinski definition) is 6. The van der Waals surface area contributed by atoms with Gasteiger partial charge in [0.05, 0.1) is 7.11 Å². The Kier molecular flexibility index (Phi) is 4.20. The van der Waals surface area contributed by atoms with Crippen LogP contribution in [0.2, 0.25) is 0 Å². The van der Waals surface area contributed by atoms with E-state index >= 15 is 0 Å². The second-order valence-corrected chi connectivity index (χ2v) is 6.46. The molecule has 1 N–H and O–H groups in total. The Hall–Kier alpha value is -3.09. The Bertz CT molecular complexity index is 920. The maximum Gasteiger partial charge on any atom is 0.165 e. The van der Waals surface area contributed by atoms with E-state index in [9.17, 15) is 0 Å². The van der Waals surface area contributed by atoms with Gasteiger partial charge in [0.1, 0.15) is 29.7 Å². The number of rotatable bonds is 5. The summed E-state index contributed by atoms with van der Waals surface area (Å²) in [7, 11) is 3.59. The van der Waals surface area contributed by atoms with E-state index in [1.54, 1.807) is 19.6 Å². The van der Waals surface area contributed by atoms with Gasteiger partial charge in [0, 0.05) is 42.9 Å². The van der Waals surface area contributed by atoms with Gasteiger partial charge in [-0.2, -0.15) is 0 Å². The molecule has 7 heteroatoms. The summed E-state index contributed by atoms with van der Waals surface area (Å²) in [6.45, 7) is 2.69. The lowest BCUT2D eigenvalue weighted by Gasteiger charge is -2.13. The fraction of sp³-hybridized carbons (Fsp3) is 0.316. The van der Waals surface area contributed by atoms with Crippen molar-refractivity contribution in [2.24, 2.45) is 7.05 Å². The number of hydrogen-bond donors (Lipinski definition) is 1. The molecule has 4 rings (SSSR count).